The summed E-state index contributed by atoms with van der Waals surface area (Å²) in [5, 5.41) is 2.40. The Hall–Kier alpha value is -2.24. The van der Waals surface area contributed by atoms with Crippen molar-refractivity contribution in [1.82, 2.24) is 10.3 Å². The molecule has 1 aromatic heterocycles. The number of ketones is 1. The number of aromatic nitrogens is 1. The van der Waals surface area contributed by atoms with E-state index in [-0.39, 0.29) is 30.4 Å². The number of nitrogens with zero attached hydrogens (tertiary/aromatic N) is 1. The monoisotopic (exact) mass is 292 g/mol. The van der Waals surface area contributed by atoms with Gasteiger partial charge in [-0.2, -0.15) is 0 Å². The van der Waals surface area contributed by atoms with Crippen LogP contribution in [0, 0.1) is 5.92 Å². The van der Waals surface area contributed by atoms with Gasteiger partial charge in [-0.25, -0.2) is 4.79 Å². The zero-order chi connectivity index (χ0) is 15.8. The van der Waals surface area contributed by atoms with Crippen LogP contribution in [0.4, 0.5) is 0 Å². The summed E-state index contributed by atoms with van der Waals surface area (Å²) < 4.78 is 4.85. The molecule has 1 atom stereocenters. The number of hydrogen-bond acceptors (Lipinski definition) is 5. The predicted molar refractivity (Wildman–Crippen MR) is 76.6 cm³/mol. The second-order valence-corrected chi connectivity index (χ2v) is 4.94. The van der Waals surface area contributed by atoms with Gasteiger partial charge in [0.05, 0.1) is 6.61 Å². The SMILES string of the molecule is CCOC(=O)C(NC(=O)c1ccccn1)C(=O)CC(C)C. The van der Waals surface area contributed by atoms with Crippen LogP contribution >= 0.6 is 0 Å². The highest BCUT2D eigenvalue weighted by atomic mass is 16.5. The molecule has 0 aliphatic rings. The quantitative estimate of drug-likeness (QED) is 0.606. The van der Waals surface area contributed by atoms with Crippen LogP contribution in [0.3, 0.4) is 0 Å². The molecule has 0 aromatic carbocycles. The lowest BCUT2D eigenvalue weighted by Crippen LogP contribution is -2.47. The Labute approximate surface area is 123 Å². The Bertz CT molecular complexity index is 500. The molecule has 1 aromatic rings. The fraction of sp³-hybridized carbons (Fsp3) is 0.467. The molecule has 21 heavy (non-hydrogen) atoms. The smallest absolute Gasteiger partial charge is 0.336 e. The molecule has 0 saturated carbocycles. The lowest BCUT2D eigenvalue weighted by Gasteiger charge is -2.17. The maximum absolute atomic E-state index is 12.1. The van der Waals surface area contributed by atoms with E-state index in [1.54, 1.807) is 19.1 Å². The Morgan fingerprint density at radius 3 is 2.52 bits per heavy atom. The number of nitrogens with one attached hydrogen (secondary N) is 1. The van der Waals surface area contributed by atoms with Crippen molar-refractivity contribution < 1.29 is 19.1 Å². The number of hydrogen-bond donors (Lipinski definition) is 1. The van der Waals surface area contributed by atoms with Crippen molar-refractivity contribution in [1.29, 1.82) is 0 Å². The molecule has 1 rings (SSSR count). The van der Waals surface area contributed by atoms with Gasteiger partial charge >= 0.3 is 5.97 Å². The van der Waals surface area contributed by atoms with Gasteiger partial charge in [0.2, 0.25) is 0 Å². The van der Waals surface area contributed by atoms with Crippen LogP contribution < -0.4 is 5.32 Å². The van der Waals surface area contributed by atoms with Gasteiger partial charge in [0.15, 0.2) is 11.8 Å². The molecule has 0 bridgehead atoms. The van der Waals surface area contributed by atoms with Gasteiger partial charge in [-0.05, 0) is 25.0 Å². The van der Waals surface area contributed by atoms with E-state index in [9.17, 15) is 14.4 Å². The minimum absolute atomic E-state index is 0.0844. The van der Waals surface area contributed by atoms with Crippen molar-refractivity contribution in [2.75, 3.05) is 6.61 Å². The fourth-order valence-corrected chi connectivity index (χ4v) is 1.72. The standard InChI is InChI=1S/C15H20N2O4/c1-4-21-15(20)13(12(18)9-10(2)3)17-14(19)11-7-5-6-8-16-11/h5-8,10,13H,4,9H2,1-3H3,(H,17,19). The molecule has 0 fully saturated rings. The summed E-state index contributed by atoms with van der Waals surface area (Å²) in [6, 6.07) is 3.53. The summed E-state index contributed by atoms with van der Waals surface area (Å²) in [6.07, 6.45) is 1.65. The molecule has 1 heterocycles. The minimum atomic E-state index is -1.29. The molecule has 6 nitrogen and oxygen atoms in total. The minimum Gasteiger partial charge on any atom is -0.464 e. The van der Waals surface area contributed by atoms with Crippen molar-refractivity contribution >= 4 is 17.7 Å². The van der Waals surface area contributed by atoms with Gasteiger partial charge in [-0.15, -0.1) is 0 Å². The van der Waals surface area contributed by atoms with E-state index in [4.69, 9.17) is 4.74 Å². The largest absolute Gasteiger partial charge is 0.464 e. The van der Waals surface area contributed by atoms with Gasteiger partial charge in [-0.1, -0.05) is 19.9 Å². The lowest BCUT2D eigenvalue weighted by atomic mass is 10.0. The molecule has 6 heteroatoms. The zero-order valence-corrected chi connectivity index (χ0v) is 12.5. The summed E-state index contributed by atoms with van der Waals surface area (Å²) >= 11 is 0. The third kappa shape index (κ3) is 5.33. The van der Waals surface area contributed by atoms with Crippen molar-refractivity contribution in [3.63, 3.8) is 0 Å². The normalized spacial score (nSPS) is 11.8. The molecule has 1 amide bonds. The highest BCUT2D eigenvalue weighted by Crippen LogP contribution is 2.06. The molecule has 0 radical (unpaired) electrons. The second kappa shape index (κ2) is 8.14. The van der Waals surface area contributed by atoms with Gasteiger partial charge in [0, 0.05) is 12.6 Å². The third-order valence-electron chi connectivity index (χ3n) is 2.63. The number of esters is 1. The van der Waals surface area contributed by atoms with Crippen molar-refractivity contribution in [3.05, 3.63) is 30.1 Å². The van der Waals surface area contributed by atoms with Crippen LogP contribution in [0.15, 0.2) is 24.4 Å². The molecule has 0 saturated heterocycles. The van der Waals surface area contributed by atoms with Crippen LogP contribution in [0.5, 0.6) is 0 Å². The van der Waals surface area contributed by atoms with Crippen molar-refractivity contribution in [3.8, 4) is 0 Å². The van der Waals surface area contributed by atoms with Gasteiger partial charge < -0.3 is 10.1 Å². The average Bonchev–Trinajstić information content (AvgIpc) is 2.44. The second-order valence-electron chi connectivity index (χ2n) is 4.94. The number of carbonyl (C=O) groups is 3. The summed E-state index contributed by atoms with van der Waals surface area (Å²) in [7, 11) is 0. The van der Waals surface area contributed by atoms with Crippen LogP contribution in [-0.2, 0) is 14.3 Å². The molecule has 0 aliphatic carbocycles. The molecule has 0 spiro atoms. The Morgan fingerprint density at radius 2 is 2.00 bits per heavy atom. The molecule has 0 aliphatic heterocycles. The number of rotatable bonds is 7. The summed E-state index contributed by atoms with van der Waals surface area (Å²) in [6.45, 7) is 5.51. The van der Waals surface area contributed by atoms with E-state index in [1.807, 2.05) is 13.8 Å². The molecular formula is C15H20N2O4. The first-order chi connectivity index (χ1) is 9.95. The van der Waals surface area contributed by atoms with Crippen LogP contribution in [0.2, 0.25) is 0 Å². The van der Waals surface area contributed by atoms with Gasteiger partial charge in [-0.3, -0.25) is 14.6 Å². The number of Topliss-reactive ketones (excluding diaryl/α,β-unsaturated/α-hetero) is 1. The first-order valence-electron chi connectivity index (χ1n) is 6.87. The fourth-order valence-electron chi connectivity index (χ4n) is 1.72. The maximum Gasteiger partial charge on any atom is 0.336 e. The molecule has 114 valence electrons. The van der Waals surface area contributed by atoms with E-state index in [0.29, 0.717) is 0 Å². The lowest BCUT2D eigenvalue weighted by molar-refractivity contribution is -0.148. The highest BCUT2D eigenvalue weighted by molar-refractivity contribution is 6.07. The predicted octanol–water partition coefficient (Wildman–Crippen LogP) is 1.36. The Morgan fingerprint density at radius 1 is 1.29 bits per heavy atom. The van der Waals surface area contributed by atoms with Gasteiger partial charge in [0.1, 0.15) is 5.69 Å². The first-order valence-corrected chi connectivity index (χ1v) is 6.87. The molecular weight excluding hydrogens is 272 g/mol. The van der Waals surface area contributed by atoms with E-state index in [1.165, 1.54) is 12.3 Å². The topological polar surface area (TPSA) is 85.4 Å². The van der Waals surface area contributed by atoms with Gasteiger partial charge in [0.25, 0.3) is 5.91 Å². The van der Waals surface area contributed by atoms with E-state index >= 15 is 0 Å². The number of carbonyl (C=O) groups excluding carboxylic acids is 3. The Kier molecular flexibility index (Phi) is 6.52. The van der Waals surface area contributed by atoms with Crippen LogP contribution in [-0.4, -0.2) is 35.3 Å². The zero-order valence-electron chi connectivity index (χ0n) is 12.5. The highest BCUT2D eigenvalue weighted by Gasteiger charge is 2.30. The summed E-state index contributed by atoms with van der Waals surface area (Å²) in [4.78, 5) is 39.9. The number of amides is 1. The summed E-state index contributed by atoms with van der Waals surface area (Å²) in [5.74, 6) is -1.60. The van der Waals surface area contributed by atoms with Crippen molar-refractivity contribution in [2.24, 2.45) is 5.92 Å². The van der Waals surface area contributed by atoms with Crippen LogP contribution in [0.1, 0.15) is 37.7 Å². The maximum atomic E-state index is 12.1. The van der Waals surface area contributed by atoms with E-state index < -0.39 is 17.9 Å². The molecule has 1 unspecified atom stereocenters. The summed E-state index contributed by atoms with van der Waals surface area (Å²) in [5.41, 5.74) is 0.143. The number of pyridine rings is 1. The number of ether oxygens (including phenoxy) is 1. The van der Waals surface area contributed by atoms with E-state index in [2.05, 4.69) is 10.3 Å². The third-order valence-corrected chi connectivity index (χ3v) is 2.63. The van der Waals surface area contributed by atoms with E-state index in [0.717, 1.165) is 0 Å². The molecule has 1 N–H and O–H groups in total. The van der Waals surface area contributed by atoms with Crippen LogP contribution in [0.25, 0.3) is 0 Å². The first kappa shape index (κ1) is 16.8. The average molecular weight is 292 g/mol. The van der Waals surface area contributed by atoms with Crippen molar-refractivity contribution in [2.45, 2.75) is 33.2 Å². The Balaban J connectivity index is 2.84.